The Morgan fingerprint density at radius 3 is 2.95 bits per heavy atom. The van der Waals surface area contributed by atoms with Gasteiger partial charge in [0.25, 0.3) is 5.91 Å². The average Bonchev–Trinajstić information content (AvgIpc) is 2.49. The molecule has 0 heterocycles. The van der Waals surface area contributed by atoms with E-state index in [2.05, 4.69) is 33.7 Å². The number of benzene rings is 1. The van der Waals surface area contributed by atoms with Crippen molar-refractivity contribution in [3.05, 3.63) is 46.5 Å². The zero-order valence-corrected chi connectivity index (χ0v) is 12.8. The minimum Gasteiger partial charge on any atom is -0.480 e. The molecule has 0 spiro atoms. The fourth-order valence-corrected chi connectivity index (χ4v) is 1.83. The molecule has 1 aromatic rings. The van der Waals surface area contributed by atoms with Crippen LogP contribution in [0, 0.1) is 23.7 Å². The van der Waals surface area contributed by atoms with Crippen LogP contribution in [0.4, 0.5) is 0 Å². The quantitative estimate of drug-likeness (QED) is 0.373. The summed E-state index contributed by atoms with van der Waals surface area (Å²) in [6, 6.07) is 7.10. The largest absolute Gasteiger partial charge is 0.480 e. The van der Waals surface area contributed by atoms with Crippen LogP contribution in [0.1, 0.15) is 5.56 Å². The van der Waals surface area contributed by atoms with Crippen molar-refractivity contribution in [2.75, 3.05) is 13.2 Å². The lowest BCUT2D eigenvalue weighted by atomic mass is 10.1. The normalized spacial score (nSPS) is 10.1. The minimum absolute atomic E-state index is 0.0273. The number of terminal acetylenes is 1. The Bertz CT molecular complexity index is 651. The summed E-state index contributed by atoms with van der Waals surface area (Å²) < 4.78 is 6.19. The number of carbonyl (C=O) groups excluding carboxylic acids is 1. The van der Waals surface area contributed by atoms with Crippen LogP contribution in [0.3, 0.4) is 0 Å². The molecule has 0 radical (unpaired) electrons. The van der Waals surface area contributed by atoms with Gasteiger partial charge in [0.05, 0.1) is 0 Å². The van der Waals surface area contributed by atoms with Crippen molar-refractivity contribution >= 4 is 27.9 Å². The molecule has 0 atom stereocenters. The van der Waals surface area contributed by atoms with Gasteiger partial charge in [0.2, 0.25) is 0 Å². The van der Waals surface area contributed by atoms with E-state index in [9.17, 15) is 4.79 Å². The Morgan fingerprint density at radius 2 is 2.33 bits per heavy atom. The minimum atomic E-state index is -0.472. The van der Waals surface area contributed by atoms with E-state index in [0.29, 0.717) is 11.3 Å². The standard InChI is InChI=1S/C16H13BrN2O2/c1-3-7-19-16(20)13(11-18)9-12-10-14(17)5-6-15(12)21-8-4-2/h2-3,5-6,9-10H,1,7-8H2,(H,19,20)/b13-9+. The molecular formula is C16H13BrN2O2. The number of carbonyl (C=O) groups is 1. The van der Waals surface area contributed by atoms with Gasteiger partial charge in [0.15, 0.2) is 0 Å². The molecule has 0 aromatic heterocycles. The first-order valence-corrected chi connectivity index (χ1v) is 6.78. The Hall–Kier alpha value is -2.50. The molecule has 0 aliphatic rings. The first-order valence-electron chi connectivity index (χ1n) is 5.99. The van der Waals surface area contributed by atoms with E-state index < -0.39 is 5.91 Å². The van der Waals surface area contributed by atoms with E-state index in [4.69, 9.17) is 16.4 Å². The van der Waals surface area contributed by atoms with Gasteiger partial charge in [-0.3, -0.25) is 4.79 Å². The van der Waals surface area contributed by atoms with Crippen LogP contribution >= 0.6 is 15.9 Å². The van der Waals surface area contributed by atoms with Crippen molar-refractivity contribution < 1.29 is 9.53 Å². The maximum Gasteiger partial charge on any atom is 0.262 e. The molecular weight excluding hydrogens is 332 g/mol. The first kappa shape index (κ1) is 16.6. The molecule has 0 aliphatic heterocycles. The number of hydrogen-bond acceptors (Lipinski definition) is 3. The fourth-order valence-electron chi connectivity index (χ4n) is 1.45. The Balaban J connectivity index is 3.12. The topological polar surface area (TPSA) is 62.1 Å². The highest BCUT2D eigenvalue weighted by molar-refractivity contribution is 9.10. The predicted octanol–water partition coefficient (Wildman–Crippen LogP) is 2.67. The third-order valence-corrected chi connectivity index (χ3v) is 2.85. The summed E-state index contributed by atoms with van der Waals surface area (Å²) in [7, 11) is 0. The van der Waals surface area contributed by atoms with Gasteiger partial charge in [0.1, 0.15) is 24.0 Å². The second kappa shape index (κ2) is 8.63. The smallest absolute Gasteiger partial charge is 0.262 e. The van der Waals surface area contributed by atoms with Crippen LogP contribution in [0.5, 0.6) is 5.75 Å². The van der Waals surface area contributed by atoms with Crippen molar-refractivity contribution in [3.63, 3.8) is 0 Å². The summed E-state index contributed by atoms with van der Waals surface area (Å²) in [6.07, 6.45) is 8.15. The zero-order valence-electron chi connectivity index (χ0n) is 11.2. The monoisotopic (exact) mass is 344 g/mol. The number of rotatable bonds is 6. The lowest BCUT2D eigenvalue weighted by Crippen LogP contribution is -2.24. The molecule has 0 saturated heterocycles. The van der Waals surface area contributed by atoms with E-state index in [0.717, 1.165) is 4.47 Å². The molecule has 106 valence electrons. The van der Waals surface area contributed by atoms with Crippen molar-refractivity contribution in [1.29, 1.82) is 5.26 Å². The van der Waals surface area contributed by atoms with Gasteiger partial charge in [-0.05, 0) is 24.3 Å². The SMILES string of the molecule is C#CCOc1ccc(Br)cc1/C=C(\C#N)C(=O)NCC=C. The highest BCUT2D eigenvalue weighted by Gasteiger charge is 2.10. The van der Waals surface area contributed by atoms with Crippen molar-refractivity contribution in [2.24, 2.45) is 0 Å². The lowest BCUT2D eigenvalue weighted by molar-refractivity contribution is -0.116. The molecule has 0 unspecified atom stereocenters. The molecule has 1 N–H and O–H groups in total. The van der Waals surface area contributed by atoms with E-state index in [1.54, 1.807) is 18.2 Å². The van der Waals surface area contributed by atoms with Crippen LogP contribution in [0.25, 0.3) is 6.08 Å². The molecule has 0 aliphatic carbocycles. The molecule has 4 nitrogen and oxygen atoms in total. The van der Waals surface area contributed by atoms with Gasteiger partial charge in [-0.25, -0.2) is 0 Å². The van der Waals surface area contributed by atoms with Crippen LogP contribution < -0.4 is 10.1 Å². The Labute approximate surface area is 132 Å². The molecule has 1 rings (SSSR count). The number of nitriles is 1. The lowest BCUT2D eigenvalue weighted by Gasteiger charge is -2.08. The maximum atomic E-state index is 11.8. The van der Waals surface area contributed by atoms with Gasteiger partial charge < -0.3 is 10.1 Å². The number of halogens is 1. The van der Waals surface area contributed by atoms with Crippen LogP contribution in [-0.2, 0) is 4.79 Å². The summed E-state index contributed by atoms with van der Waals surface area (Å²) in [5, 5.41) is 11.7. The summed E-state index contributed by atoms with van der Waals surface area (Å²) in [5.74, 6) is 2.39. The van der Waals surface area contributed by atoms with Gasteiger partial charge >= 0.3 is 0 Å². The van der Waals surface area contributed by atoms with Gasteiger partial charge in [-0.1, -0.05) is 27.9 Å². The molecule has 1 aromatic carbocycles. The summed E-state index contributed by atoms with van der Waals surface area (Å²) in [6.45, 7) is 3.89. The molecule has 0 fully saturated rings. The fraction of sp³-hybridized carbons (Fsp3) is 0.125. The van der Waals surface area contributed by atoms with E-state index in [1.165, 1.54) is 12.2 Å². The highest BCUT2D eigenvalue weighted by Crippen LogP contribution is 2.25. The van der Waals surface area contributed by atoms with Crippen LogP contribution in [0.2, 0.25) is 0 Å². The summed E-state index contributed by atoms with van der Waals surface area (Å²) in [4.78, 5) is 11.8. The Kier molecular flexibility index (Phi) is 6.80. The summed E-state index contributed by atoms with van der Waals surface area (Å²) in [5.41, 5.74) is 0.561. The Morgan fingerprint density at radius 1 is 1.57 bits per heavy atom. The highest BCUT2D eigenvalue weighted by atomic mass is 79.9. The van der Waals surface area contributed by atoms with E-state index in [1.807, 2.05) is 6.07 Å². The second-order valence-electron chi connectivity index (χ2n) is 3.84. The average molecular weight is 345 g/mol. The molecule has 0 bridgehead atoms. The molecule has 21 heavy (non-hydrogen) atoms. The number of ether oxygens (including phenoxy) is 1. The predicted molar refractivity (Wildman–Crippen MR) is 85.3 cm³/mol. The third-order valence-electron chi connectivity index (χ3n) is 2.35. The van der Waals surface area contributed by atoms with E-state index >= 15 is 0 Å². The zero-order chi connectivity index (χ0) is 15.7. The van der Waals surface area contributed by atoms with Crippen molar-refractivity contribution in [1.82, 2.24) is 5.32 Å². The maximum absolute atomic E-state index is 11.8. The summed E-state index contributed by atoms with van der Waals surface area (Å²) >= 11 is 3.33. The number of nitrogens with one attached hydrogen (secondary N) is 1. The number of hydrogen-bond donors (Lipinski definition) is 1. The molecule has 0 saturated carbocycles. The molecule has 1 amide bonds. The van der Waals surface area contributed by atoms with E-state index in [-0.39, 0.29) is 18.7 Å². The first-order chi connectivity index (χ1) is 10.1. The van der Waals surface area contributed by atoms with Crippen LogP contribution in [-0.4, -0.2) is 19.1 Å². The van der Waals surface area contributed by atoms with Gasteiger partial charge in [0, 0.05) is 16.6 Å². The van der Waals surface area contributed by atoms with Gasteiger partial charge in [-0.15, -0.1) is 13.0 Å². The van der Waals surface area contributed by atoms with Crippen molar-refractivity contribution in [3.8, 4) is 24.2 Å². The van der Waals surface area contributed by atoms with Crippen LogP contribution in [0.15, 0.2) is 40.9 Å². The second-order valence-corrected chi connectivity index (χ2v) is 4.76. The van der Waals surface area contributed by atoms with Gasteiger partial charge in [-0.2, -0.15) is 5.26 Å². The number of amides is 1. The molecule has 5 heteroatoms. The third kappa shape index (κ3) is 5.18. The van der Waals surface area contributed by atoms with Crippen molar-refractivity contribution in [2.45, 2.75) is 0 Å². The number of nitrogens with zero attached hydrogens (tertiary/aromatic N) is 1.